The Bertz CT molecular complexity index is 426. The van der Waals surface area contributed by atoms with Crippen LogP contribution in [0.1, 0.15) is 37.0 Å². The summed E-state index contributed by atoms with van der Waals surface area (Å²) in [6, 6.07) is 2.54. The summed E-state index contributed by atoms with van der Waals surface area (Å²) in [4.78, 5) is 0. The van der Waals surface area contributed by atoms with E-state index in [0.717, 1.165) is 6.42 Å². The van der Waals surface area contributed by atoms with Gasteiger partial charge in [-0.05, 0) is 38.3 Å². The maximum Gasteiger partial charge on any atom is 0.134 e. The van der Waals surface area contributed by atoms with E-state index in [1.54, 1.807) is 13.8 Å². The number of benzene rings is 1. The summed E-state index contributed by atoms with van der Waals surface area (Å²) in [6.45, 7) is 3.75. The molecule has 94 valence electrons. The van der Waals surface area contributed by atoms with E-state index in [1.807, 2.05) is 0 Å². The van der Waals surface area contributed by atoms with Gasteiger partial charge in [-0.2, -0.15) is 0 Å². The van der Waals surface area contributed by atoms with Crippen LogP contribution in [0, 0.1) is 18.6 Å². The summed E-state index contributed by atoms with van der Waals surface area (Å²) in [6.07, 6.45) is 0.119. The van der Waals surface area contributed by atoms with Gasteiger partial charge >= 0.3 is 0 Å². The summed E-state index contributed by atoms with van der Waals surface area (Å²) >= 11 is 0. The third kappa shape index (κ3) is 2.07. The van der Waals surface area contributed by atoms with Crippen molar-refractivity contribution in [2.45, 2.75) is 38.4 Å². The Balaban J connectivity index is 2.43. The molecular formula is C13H16F2O2. The summed E-state index contributed by atoms with van der Waals surface area (Å²) in [5.41, 5.74) is -0.855. The molecule has 1 aliphatic rings. The number of aliphatic hydroxyl groups is 1. The number of ether oxygens (including phenoxy) is 1. The van der Waals surface area contributed by atoms with Crippen molar-refractivity contribution in [2.75, 3.05) is 6.61 Å². The lowest BCUT2D eigenvalue weighted by atomic mass is 9.89. The van der Waals surface area contributed by atoms with Crippen molar-refractivity contribution in [3.05, 3.63) is 34.9 Å². The Kier molecular flexibility index (Phi) is 3.19. The lowest BCUT2D eigenvalue weighted by molar-refractivity contribution is -0.0822. The van der Waals surface area contributed by atoms with E-state index >= 15 is 0 Å². The number of halogens is 2. The van der Waals surface area contributed by atoms with Gasteiger partial charge in [0.25, 0.3) is 0 Å². The first-order chi connectivity index (χ1) is 7.96. The normalized spacial score (nSPS) is 26.2. The molecule has 17 heavy (non-hydrogen) atoms. The molecule has 0 radical (unpaired) electrons. The van der Waals surface area contributed by atoms with Gasteiger partial charge in [-0.25, -0.2) is 8.78 Å². The van der Waals surface area contributed by atoms with E-state index in [2.05, 4.69) is 0 Å². The Morgan fingerprint density at radius 3 is 2.71 bits per heavy atom. The summed E-state index contributed by atoms with van der Waals surface area (Å²) < 4.78 is 33.0. The zero-order chi connectivity index (χ0) is 12.6. The molecule has 1 heterocycles. The van der Waals surface area contributed by atoms with E-state index < -0.39 is 23.3 Å². The molecule has 4 heteroatoms. The minimum Gasteiger partial charge on any atom is -0.385 e. The van der Waals surface area contributed by atoms with Gasteiger partial charge < -0.3 is 9.84 Å². The molecule has 1 aromatic rings. The van der Waals surface area contributed by atoms with Crippen LogP contribution < -0.4 is 0 Å². The first-order valence-corrected chi connectivity index (χ1v) is 5.72. The average Bonchev–Trinajstić information content (AvgIpc) is 2.72. The minimum atomic E-state index is -1.27. The Morgan fingerprint density at radius 1 is 1.41 bits per heavy atom. The molecule has 1 aliphatic heterocycles. The number of hydrogen-bond donors (Lipinski definition) is 1. The second-order valence-corrected chi connectivity index (χ2v) is 4.76. The van der Waals surface area contributed by atoms with Gasteiger partial charge in [0.2, 0.25) is 0 Å². The predicted molar refractivity (Wildman–Crippen MR) is 59.6 cm³/mol. The van der Waals surface area contributed by atoms with Crippen LogP contribution in [0.15, 0.2) is 12.1 Å². The van der Waals surface area contributed by atoms with E-state index in [1.165, 1.54) is 12.1 Å². The minimum absolute atomic E-state index is 0.283. The van der Waals surface area contributed by atoms with Gasteiger partial charge in [0.15, 0.2) is 0 Å². The predicted octanol–water partition coefficient (Wildman–Crippen LogP) is 2.88. The molecule has 1 fully saturated rings. The molecule has 0 spiro atoms. The molecule has 1 aromatic carbocycles. The maximum atomic E-state index is 13.9. The van der Waals surface area contributed by atoms with Crippen LogP contribution in [0.3, 0.4) is 0 Å². The van der Waals surface area contributed by atoms with Crippen LogP contribution in [-0.2, 0) is 4.74 Å². The largest absolute Gasteiger partial charge is 0.385 e. The Morgan fingerprint density at radius 2 is 2.12 bits per heavy atom. The molecule has 0 saturated carbocycles. The molecule has 2 nitrogen and oxygen atoms in total. The van der Waals surface area contributed by atoms with Crippen LogP contribution in [0.5, 0.6) is 0 Å². The highest BCUT2D eigenvalue weighted by Crippen LogP contribution is 2.39. The van der Waals surface area contributed by atoms with Crippen LogP contribution in [0.2, 0.25) is 0 Å². The third-order valence-electron chi connectivity index (χ3n) is 3.42. The SMILES string of the molecule is Cc1ccc(F)c(C(O)C2(C)CCCO2)c1F. The molecular weight excluding hydrogens is 226 g/mol. The van der Waals surface area contributed by atoms with Crippen LogP contribution in [0.4, 0.5) is 8.78 Å². The van der Waals surface area contributed by atoms with Crippen molar-refractivity contribution < 1.29 is 18.6 Å². The quantitative estimate of drug-likeness (QED) is 0.864. The highest BCUT2D eigenvalue weighted by molar-refractivity contribution is 5.30. The maximum absolute atomic E-state index is 13.9. The van der Waals surface area contributed by atoms with Crippen molar-refractivity contribution in [1.82, 2.24) is 0 Å². The second-order valence-electron chi connectivity index (χ2n) is 4.76. The fraction of sp³-hybridized carbons (Fsp3) is 0.538. The zero-order valence-electron chi connectivity index (χ0n) is 9.96. The van der Waals surface area contributed by atoms with Crippen molar-refractivity contribution in [1.29, 1.82) is 0 Å². The van der Waals surface area contributed by atoms with Gasteiger partial charge in [0.1, 0.15) is 17.7 Å². The lowest BCUT2D eigenvalue weighted by Crippen LogP contribution is -2.33. The van der Waals surface area contributed by atoms with Crippen molar-refractivity contribution in [3.8, 4) is 0 Å². The molecule has 2 rings (SSSR count). The molecule has 2 unspecified atom stereocenters. The van der Waals surface area contributed by atoms with E-state index in [0.29, 0.717) is 18.6 Å². The first kappa shape index (κ1) is 12.5. The molecule has 1 saturated heterocycles. The molecule has 2 atom stereocenters. The van der Waals surface area contributed by atoms with E-state index in [9.17, 15) is 13.9 Å². The summed E-state index contributed by atoms with van der Waals surface area (Å²) in [5, 5.41) is 10.2. The number of aliphatic hydroxyl groups excluding tert-OH is 1. The topological polar surface area (TPSA) is 29.5 Å². The molecule has 0 aromatic heterocycles. The lowest BCUT2D eigenvalue weighted by Gasteiger charge is -2.30. The highest BCUT2D eigenvalue weighted by Gasteiger charge is 2.41. The zero-order valence-corrected chi connectivity index (χ0v) is 9.96. The second kappa shape index (κ2) is 4.35. The number of hydrogen-bond acceptors (Lipinski definition) is 2. The molecule has 0 aliphatic carbocycles. The smallest absolute Gasteiger partial charge is 0.134 e. The van der Waals surface area contributed by atoms with Crippen molar-refractivity contribution in [2.24, 2.45) is 0 Å². The van der Waals surface area contributed by atoms with Crippen LogP contribution in [0.25, 0.3) is 0 Å². The fourth-order valence-electron chi connectivity index (χ4n) is 2.25. The summed E-state index contributed by atoms with van der Waals surface area (Å²) in [5.74, 6) is -1.41. The van der Waals surface area contributed by atoms with Gasteiger partial charge in [0.05, 0.1) is 11.2 Å². The molecule has 0 bridgehead atoms. The Hall–Kier alpha value is -1.00. The highest BCUT2D eigenvalue weighted by atomic mass is 19.1. The van der Waals surface area contributed by atoms with Crippen molar-refractivity contribution in [3.63, 3.8) is 0 Å². The van der Waals surface area contributed by atoms with E-state index in [-0.39, 0.29) is 5.56 Å². The number of rotatable bonds is 2. The monoisotopic (exact) mass is 242 g/mol. The third-order valence-corrected chi connectivity index (χ3v) is 3.42. The standard InChI is InChI=1S/C13H16F2O2/c1-8-4-5-9(14)10(11(8)15)12(16)13(2)6-3-7-17-13/h4-5,12,16H,3,6-7H2,1-2H3. The van der Waals surface area contributed by atoms with Gasteiger partial charge in [-0.1, -0.05) is 6.07 Å². The average molecular weight is 242 g/mol. The Labute approximate surface area is 99.2 Å². The van der Waals surface area contributed by atoms with Gasteiger partial charge in [0, 0.05) is 6.61 Å². The van der Waals surface area contributed by atoms with Crippen LogP contribution >= 0.6 is 0 Å². The van der Waals surface area contributed by atoms with Crippen molar-refractivity contribution >= 4 is 0 Å². The van der Waals surface area contributed by atoms with E-state index in [4.69, 9.17) is 4.74 Å². The van der Waals surface area contributed by atoms with Gasteiger partial charge in [-0.15, -0.1) is 0 Å². The van der Waals surface area contributed by atoms with Gasteiger partial charge in [-0.3, -0.25) is 0 Å². The summed E-state index contributed by atoms with van der Waals surface area (Å²) in [7, 11) is 0. The first-order valence-electron chi connectivity index (χ1n) is 5.72. The molecule has 0 amide bonds. The van der Waals surface area contributed by atoms with Crippen LogP contribution in [-0.4, -0.2) is 17.3 Å². The number of aryl methyl sites for hydroxylation is 1. The fourth-order valence-corrected chi connectivity index (χ4v) is 2.25. The molecule has 1 N–H and O–H groups in total.